The Morgan fingerprint density at radius 1 is 1.11 bits per heavy atom. The maximum Gasteiger partial charge on any atom is 0.0594 e. The zero-order valence-electron chi connectivity index (χ0n) is 12.7. The van der Waals surface area contributed by atoms with Gasteiger partial charge in [-0.25, -0.2) is 0 Å². The second-order valence-electron chi connectivity index (χ2n) is 6.10. The second kappa shape index (κ2) is 8.20. The molecule has 0 amide bonds. The third-order valence-corrected chi connectivity index (χ3v) is 4.28. The summed E-state index contributed by atoms with van der Waals surface area (Å²) < 4.78 is 5.40. The van der Waals surface area contributed by atoms with Gasteiger partial charge in [0.1, 0.15) is 0 Å². The molecule has 0 bridgehead atoms. The van der Waals surface area contributed by atoms with Crippen LogP contribution in [0.15, 0.2) is 0 Å². The fraction of sp³-hybridized carbons (Fsp3) is 1.00. The van der Waals surface area contributed by atoms with Gasteiger partial charge in [-0.2, -0.15) is 0 Å². The first-order valence-corrected chi connectivity index (χ1v) is 8.06. The molecule has 0 aromatic heterocycles. The van der Waals surface area contributed by atoms with E-state index >= 15 is 0 Å². The van der Waals surface area contributed by atoms with Crippen molar-refractivity contribution in [2.75, 3.05) is 52.5 Å². The van der Waals surface area contributed by atoms with E-state index in [2.05, 4.69) is 29.0 Å². The number of likely N-dealkylation sites (tertiary alicyclic amines) is 1. The van der Waals surface area contributed by atoms with Gasteiger partial charge in [0, 0.05) is 31.7 Å². The van der Waals surface area contributed by atoms with Crippen molar-refractivity contribution in [3.05, 3.63) is 0 Å². The van der Waals surface area contributed by atoms with Gasteiger partial charge in [0.2, 0.25) is 0 Å². The number of hydrogen-bond acceptors (Lipinski definition) is 4. The maximum absolute atomic E-state index is 5.40. The van der Waals surface area contributed by atoms with E-state index in [4.69, 9.17) is 4.74 Å². The number of rotatable bonds is 6. The van der Waals surface area contributed by atoms with E-state index in [0.29, 0.717) is 6.04 Å². The minimum atomic E-state index is 0.598. The van der Waals surface area contributed by atoms with Crippen LogP contribution in [0.1, 0.15) is 33.1 Å². The molecule has 0 saturated carbocycles. The summed E-state index contributed by atoms with van der Waals surface area (Å²) in [5.41, 5.74) is 0. The average molecular weight is 269 g/mol. The van der Waals surface area contributed by atoms with Gasteiger partial charge in [-0.15, -0.1) is 0 Å². The summed E-state index contributed by atoms with van der Waals surface area (Å²) in [5, 5.41) is 3.82. The third-order valence-electron chi connectivity index (χ3n) is 4.28. The van der Waals surface area contributed by atoms with Gasteiger partial charge >= 0.3 is 0 Å². The first kappa shape index (κ1) is 15.2. The molecule has 112 valence electrons. The molecule has 2 rings (SSSR count). The quantitative estimate of drug-likeness (QED) is 0.783. The van der Waals surface area contributed by atoms with Crippen LogP contribution in [-0.2, 0) is 4.74 Å². The zero-order valence-corrected chi connectivity index (χ0v) is 12.7. The van der Waals surface area contributed by atoms with Crippen LogP contribution in [0.2, 0.25) is 0 Å². The number of nitrogens with zero attached hydrogens (tertiary/aromatic N) is 2. The summed E-state index contributed by atoms with van der Waals surface area (Å²) in [6, 6.07) is 1.32. The van der Waals surface area contributed by atoms with Crippen molar-refractivity contribution in [3.63, 3.8) is 0 Å². The Balaban J connectivity index is 1.61. The Morgan fingerprint density at radius 3 is 2.42 bits per heavy atom. The molecule has 2 aliphatic rings. The molecular formula is C15H31N3O. The maximum atomic E-state index is 5.40. The van der Waals surface area contributed by atoms with E-state index in [0.717, 1.165) is 32.3 Å². The molecule has 0 radical (unpaired) electrons. The van der Waals surface area contributed by atoms with Crippen LogP contribution < -0.4 is 5.32 Å². The minimum absolute atomic E-state index is 0.598. The number of ether oxygens (including phenoxy) is 1. The van der Waals surface area contributed by atoms with Crippen LogP contribution in [0.4, 0.5) is 0 Å². The smallest absolute Gasteiger partial charge is 0.0594 e. The molecule has 2 saturated heterocycles. The Hall–Kier alpha value is -0.160. The summed E-state index contributed by atoms with van der Waals surface area (Å²) in [4.78, 5) is 5.12. The summed E-state index contributed by atoms with van der Waals surface area (Å²) in [7, 11) is 0. The van der Waals surface area contributed by atoms with Gasteiger partial charge < -0.3 is 15.0 Å². The van der Waals surface area contributed by atoms with Gasteiger partial charge in [0.15, 0.2) is 0 Å². The second-order valence-corrected chi connectivity index (χ2v) is 6.10. The molecule has 2 aliphatic heterocycles. The lowest BCUT2D eigenvalue weighted by Gasteiger charge is -2.35. The average Bonchev–Trinajstić information content (AvgIpc) is 2.42. The number of piperidine rings is 1. The van der Waals surface area contributed by atoms with Crippen molar-refractivity contribution >= 4 is 0 Å². The summed E-state index contributed by atoms with van der Waals surface area (Å²) in [6.07, 6.45) is 3.91. The van der Waals surface area contributed by atoms with Gasteiger partial charge in [0.25, 0.3) is 0 Å². The Morgan fingerprint density at radius 2 is 1.79 bits per heavy atom. The highest BCUT2D eigenvalue weighted by molar-refractivity contribution is 4.80. The molecule has 0 aliphatic carbocycles. The van der Waals surface area contributed by atoms with Crippen molar-refractivity contribution in [2.45, 2.75) is 45.2 Å². The van der Waals surface area contributed by atoms with Crippen LogP contribution in [0, 0.1) is 0 Å². The first-order chi connectivity index (χ1) is 9.28. The fourth-order valence-electron chi connectivity index (χ4n) is 3.27. The van der Waals surface area contributed by atoms with Crippen LogP contribution in [0.5, 0.6) is 0 Å². The highest BCUT2D eigenvalue weighted by Crippen LogP contribution is 2.11. The predicted octanol–water partition coefficient (Wildman–Crippen LogP) is 1.17. The molecule has 2 heterocycles. The van der Waals surface area contributed by atoms with E-state index in [1.54, 1.807) is 0 Å². The van der Waals surface area contributed by atoms with Gasteiger partial charge in [-0.1, -0.05) is 6.92 Å². The number of morpholine rings is 1. The van der Waals surface area contributed by atoms with Crippen LogP contribution in [0.25, 0.3) is 0 Å². The molecule has 0 spiro atoms. The van der Waals surface area contributed by atoms with E-state index in [9.17, 15) is 0 Å². The van der Waals surface area contributed by atoms with Gasteiger partial charge in [-0.3, -0.25) is 4.90 Å². The van der Waals surface area contributed by atoms with E-state index < -0.39 is 0 Å². The lowest BCUT2D eigenvalue weighted by atomic mass is 10.0. The summed E-state index contributed by atoms with van der Waals surface area (Å²) in [5.74, 6) is 0. The fourth-order valence-corrected chi connectivity index (χ4v) is 3.27. The lowest BCUT2D eigenvalue weighted by molar-refractivity contribution is 0.0332. The number of hydrogen-bond donors (Lipinski definition) is 1. The summed E-state index contributed by atoms with van der Waals surface area (Å²) >= 11 is 0. The largest absolute Gasteiger partial charge is 0.379 e. The molecule has 19 heavy (non-hydrogen) atoms. The Bertz CT molecular complexity index is 236. The lowest BCUT2D eigenvalue weighted by Crippen LogP contribution is -2.50. The van der Waals surface area contributed by atoms with Crippen molar-refractivity contribution in [3.8, 4) is 0 Å². The molecule has 4 nitrogen and oxygen atoms in total. The Labute approximate surface area is 118 Å². The minimum Gasteiger partial charge on any atom is -0.379 e. The highest BCUT2D eigenvalue weighted by Gasteiger charge is 2.21. The van der Waals surface area contributed by atoms with E-state index in [1.807, 2.05) is 0 Å². The van der Waals surface area contributed by atoms with E-state index in [-0.39, 0.29) is 0 Å². The van der Waals surface area contributed by atoms with Crippen LogP contribution in [-0.4, -0.2) is 74.4 Å². The number of nitrogens with one attached hydrogen (secondary N) is 1. The SMILES string of the molecule is CCCN1CCC(NC(C)CN2CCOCC2)CC1. The van der Waals surface area contributed by atoms with Crippen molar-refractivity contribution in [2.24, 2.45) is 0 Å². The van der Waals surface area contributed by atoms with Gasteiger partial charge in [-0.05, 0) is 45.8 Å². The Kier molecular flexibility index (Phi) is 6.57. The monoisotopic (exact) mass is 269 g/mol. The first-order valence-electron chi connectivity index (χ1n) is 8.06. The van der Waals surface area contributed by atoms with Crippen LogP contribution in [0.3, 0.4) is 0 Å². The molecular weight excluding hydrogens is 238 g/mol. The van der Waals surface area contributed by atoms with Gasteiger partial charge in [0.05, 0.1) is 13.2 Å². The van der Waals surface area contributed by atoms with Crippen molar-refractivity contribution in [1.82, 2.24) is 15.1 Å². The van der Waals surface area contributed by atoms with Crippen molar-refractivity contribution in [1.29, 1.82) is 0 Å². The molecule has 2 fully saturated rings. The van der Waals surface area contributed by atoms with Crippen molar-refractivity contribution < 1.29 is 4.74 Å². The molecule has 1 unspecified atom stereocenters. The van der Waals surface area contributed by atoms with E-state index in [1.165, 1.54) is 45.4 Å². The predicted molar refractivity (Wildman–Crippen MR) is 79.6 cm³/mol. The standard InChI is InChI=1S/C15H31N3O/c1-3-6-17-7-4-15(5-8-17)16-14(2)13-18-9-11-19-12-10-18/h14-16H,3-13H2,1-2H3. The normalized spacial score (nSPS) is 25.6. The molecule has 0 aromatic rings. The molecule has 0 aromatic carbocycles. The molecule has 1 N–H and O–H groups in total. The summed E-state index contributed by atoms with van der Waals surface area (Å²) in [6.45, 7) is 13.6. The topological polar surface area (TPSA) is 27.7 Å². The highest BCUT2D eigenvalue weighted by atomic mass is 16.5. The third kappa shape index (κ3) is 5.38. The molecule has 4 heteroatoms. The van der Waals surface area contributed by atoms with Crippen LogP contribution >= 0.6 is 0 Å². The zero-order chi connectivity index (χ0) is 13.5. The molecule has 1 atom stereocenters.